The van der Waals surface area contributed by atoms with Gasteiger partial charge in [0.15, 0.2) is 0 Å². The van der Waals surface area contributed by atoms with E-state index in [0.29, 0.717) is 11.6 Å². The number of rotatable bonds is 7. The second-order valence-corrected chi connectivity index (χ2v) is 6.76. The van der Waals surface area contributed by atoms with Gasteiger partial charge in [-0.2, -0.15) is 12.6 Å². The Bertz CT molecular complexity index is 906. The number of hydrogen-bond donors (Lipinski definition) is 3. The number of fused-ring (bicyclic) bond motifs is 1. The van der Waals surface area contributed by atoms with Gasteiger partial charge in [-0.05, 0) is 48.9 Å². The minimum atomic E-state index is -0.273. The number of aromatic amines is 1. The maximum Gasteiger partial charge on any atom is 0.228 e. The Morgan fingerprint density at radius 1 is 1.23 bits per heavy atom. The normalized spacial score (nSPS) is 11.0. The highest BCUT2D eigenvalue weighted by Gasteiger charge is 2.17. The van der Waals surface area contributed by atoms with Gasteiger partial charge in [0.05, 0.1) is 0 Å². The number of carbonyl (C=O) groups excluding carboxylic acids is 2. The van der Waals surface area contributed by atoms with Gasteiger partial charge >= 0.3 is 0 Å². The maximum absolute atomic E-state index is 13.3. The molecule has 1 aromatic carbocycles. The molecule has 0 saturated heterocycles. The minimum Gasteiger partial charge on any atom is -0.360 e. The molecule has 1 atom stereocenters. The van der Waals surface area contributed by atoms with Crippen molar-refractivity contribution in [3.63, 3.8) is 0 Å². The number of carbonyl (C=O) groups is 2. The third-order valence-electron chi connectivity index (χ3n) is 4.46. The molecule has 0 spiro atoms. The quantitative estimate of drug-likeness (QED) is 0.409. The fourth-order valence-corrected chi connectivity index (χ4v) is 3.42. The number of amides is 1. The van der Waals surface area contributed by atoms with Gasteiger partial charge in [0.25, 0.3) is 0 Å². The molecular weight excluding hydrogens is 401 g/mol. The Morgan fingerprint density at radius 3 is 2.57 bits per heavy atom. The predicted molar refractivity (Wildman–Crippen MR) is 125 cm³/mol. The molecule has 1 unspecified atom stereocenters. The highest BCUT2D eigenvalue weighted by Crippen LogP contribution is 2.29. The van der Waals surface area contributed by atoms with E-state index in [1.54, 1.807) is 18.3 Å². The van der Waals surface area contributed by atoms with E-state index in [9.17, 15) is 9.18 Å². The molecule has 0 aliphatic rings. The van der Waals surface area contributed by atoms with E-state index in [-0.39, 0.29) is 17.6 Å². The molecule has 2 heterocycles. The number of H-pyrrole nitrogens is 1. The van der Waals surface area contributed by atoms with Crippen molar-refractivity contribution in [2.45, 2.75) is 40.0 Å². The van der Waals surface area contributed by atoms with Crippen LogP contribution in [0, 0.1) is 11.7 Å². The predicted octanol–water partition coefficient (Wildman–Crippen LogP) is 5.89. The zero-order valence-electron chi connectivity index (χ0n) is 17.7. The molecular formula is C23H30FN3O2S. The second kappa shape index (κ2) is 13.5. The monoisotopic (exact) mass is 431 g/mol. The van der Waals surface area contributed by atoms with Crippen LogP contribution in [0.5, 0.6) is 0 Å². The lowest BCUT2D eigenvalue weighted by atomic mass is 10.00. The van der Waals surface area contributed by atoms with Crippen LogP contribution in [0.15, 0.2) is 42.7 Å². The van der Waals surface area contributed by atoms with Gasteiger partial charge in [0, 0.05) is 40.3 Å². The number of hydrogen-bond acceptors (Lipinski definition) is 4. The SMILES string of the molecule is C=O.CC.CCCC(CCS)C(=O)Nc1ccc(-c2c[nH]c3cc(F)ccc23)cn1. The van der Waals surface area contributed by atoms with Gasteiger partial charge in [-0.3, -0.25) is 4.79 Å². The summed E-state index contributed by atoms with van der Waals surface area (Å²) in [6, 6.07) is 8.35. The van der Waals surface area contributed by atoms with E-state index in [1.165, 1.54) is 12.1 Å². The number of anilines is 1. The molecule has 0 aliphatic heterocycles. The summed E-state index contributed by atoms with van der Waals surface area (Å²) in [5.74, 6) is 0.895. The first-order valence-corrected chi connectivity index (χ1v) is 10.7. The molecule has 0 radical (unpaired) electrons. The molecule has 3 aromatic rings. The van der Waals surface area contributed by atoms with Crippen LogP contribution < -0.4 is 5.32 Å². The lowest BCUT2D eigenvalue weighted by Crippen LogP contribution is -2.23. The highest BCUT2D eigenvalue weighted by atomic mass is 32.1. The van der Waals surface area contributed by atoms with Crippen LogP contribution in [-0.2, 0) is 9.59 Å². The zero-order valence-corrected chi connectivity index (χ0v) is 18.6. The van der Waals surface area contributed by atoms with Crippen molar-refractivity contribution in [2.24, 2.45) is 5.92 Å². The number of aromatic nitrogens is 2. The van der Waals surface area contributed by atoms with Crippen LogP contribution in [-0.4, -0.2) is 28.4 Å². The van der Waals surface area contributed by atoms with Crippen molar-refractivity contribution in [2.75, 3.05) is 11.1 Å². The molecule has 2 N–H and O–H groups in total. The second-order valence-electron chi connectivity index (χ2n) is 6.31. The van der Waals surface area contributed by atoms with Crippen LogP contribution >= 0.6 is 12.6 Å². The van der Waals surface area contributed by atoms with Crippen molar-refractivity contribution < 1.29 is 14.0 Å². The van der Waals surface area contributed by atoms with Gasteiger partial charge in [-0.1, -0.05) is 27.2 Å². The van der Waals surface area contributed by atoms with Crippen LogP contribution in [0.25, 0.3) is 22.0 Å². The van der Waals surface area contributed by atoms with E-state index in [4.69, 9.17) is 4.79 Å². The van der Waals surface area contributed by atoms with E-state index >= 15 is 0 Å². The van der Waals surface area contributed by atoms with E-state index < -0.39 is 0 Å². The van der Waals surface area contributed by atoms with Crippen molar-refractivity contribution in [3.8, 4) is 11.1 Å². The maximum atomic E-state index is 13.3. The summed E-state index contributed by atoms with van der Waals surface area (Å²) in [6.45, 7) is 8.07. The highest BCUT2D eigenvalue weighted by molar-refractivity contribution is 7.80. The fourth-order valence-electron chi connectivity index (χ4n) is 3.10. The summed E-state index contributed by atoms with van der Waals surface area (Å²) in [4.78, 5) is 27.8. The molecule has 0 saturated carbocycles. The number of nitrogens with zero attached hydrogens (tertiary/aromatic N) is 1. The lowest BCUT2D eigenvalue weighted by Gasteiger charge is -2.14. The van der Waals surface area contributed by atoms with Crippen LogP contribution in [0.3, 0.4) is 0 Å². The number of pyridine rings is 1. The average molecular weight is 432 g/mol. The molecule has 1 amide bonds. The standard InChI is InChI=1S/C20H22FN3OS.C2H6.CH2O/c1-2-3-13(8-9-26)20(25)24-19-7-4-14(11-23-19)17-12-22-18-10-15(21)5-6-16(17)18;2*1-2/h4-7,10-13,22,26H,2-3,8-9H2,1H3,(H,23,24,25);1-2H3;1H2. The van der Waals surface area contributed by atoms with Crippen molar-refractivity contribution in [3.05, 3.63) is 48.5 Å². The first kappa shape index (κ1) is 25.4. The Hall–Kier alpha value is -2.67. The number of benzene rings is 1. The molecule has 0 fully saturated rings. The minimum absolute atomic E-state index is 0.0104. The summed E-state index contributed by atoms with van der Waals surface area (Å²) < 4.78 is 13.3. The topological polar surface area (TPSA) is 74.8 Å². The Labute approximate surface area is 182 Å². The molecule has 7 heteroatoms. The summed E-state index contributed by atoms with van der Waals surface area (Å²) >= 11 is 4.23. The summed E-state index contributed by atoms with van der Waals surface area (Å²) in [7, 11) is 0. The number of thiol groups is 1. The van der Waals surface area contributed by atoms with Gasteiger partial charge in [-0.25, -0.2) is 9.37 Å². The summed E-state index contributed by atoms with van der Waals surface area (Å²) in [6.07, 6.45) is 6.11. The van der Waals surface area contributed by atoms with Crippen molar-refractivity contribution in [1.82, 2.24) is 9.97 Å². The Morgan fingerprint density at radius 2 is 1.97 bits per heavy atom. The smallest absolute Gasteiger partial charge is 0.228 e. The van der Waals surface area contributed by atoms with Crippen molar-refractivity contribution in [1.29, 1.82) is 0 Å². The lowest BCUT2D eigenvalue weighted by molar-refractivity contribution is -0.120. The molecule has 30 heavy (non-hydrogen) atoms. The van der Waals surface area contributed by atoms with Gasteiger partial charge < -0.3 is 15.1 Å². The first-order chi connectivity index (χ1) is 14.6. The van der Waals surface area contributed by atoms with Crippen LogP contribution in [0.4, 0.5) is 10.2 Å². The van der Waals surface area contributed by atoms with Gasteiger partial charge in [0.2, 0.25) is 5.91 Å². The average Bonchev–Trinajstić information content (AvgIpc) is 3.20. The molecule has 0 aliphatic carbocycles. The Balaban J connectivity index is 0.00000106. The summed E-state index contributed by atoms with van der Waals surface area (Å²) in [5, 5.41) is 3.82. The molecule has 3 rings (SSSR count). The third kappa shape index (κ3) is 6.69. The molecule has 5 nitrogen and oxygen atoms in total. The zero-order chi connectivity index (χ0) is 22.5. The van der Waals surface area contributed by atoms with E-state index in [0.717, 1.165) is 41.3 Å². The largest absolute Gasteiger partial charge is 0.360 e. The van der Waals surface area contributed by atoms with E-state index in [1.807, 2.05) is 32.9 Å². The Kier molecular flexibility index (Phi) is 11.4. The first-order valence-electron chi connectivity index (χ1n) is 10.1. The van der Waals surface area contributed by atoms with Gasteiger partial charge in [0.1, 0.15) is 18.4 Å². The number of nitrogens with one attached hydrogen (secondary N) is 2. The van der Waals surface area contributed by atoms with Crippen LogP contribution in [0.1, 0.15) is 40.0 Å². The van der Waals surface area contributed by atoms with Crippen molar-refractivity contribution >= 4 is 42.0 Å². The van der Waals surface area contributed by atoms with Gasteiger partial charge in [-0.15, -0.1) is 0 Å². The molecule has 0 bridgehead atoms. The molecule has 162 valence electrons. The number of halogens is 1. The van der Waals surface area contributed by atoms with Crippen LogP contribution in [0.2, 0.25) is 0 Å². The van der Waals surface area contributed by atoms with E-state index in [2.05, 4.69) is 34.8 Å². The molecule has 2 aromatic heterocycles. The summed E-state index contributed by atoms with van der Waals surface area (Å²) in [5.41, 5.74) is 2.59. The fraction of sp³-hybridized carbons (Fsp3) is 0.348. The third-order valence-corrected chi connectivity index (χ3v) is 4.71.